The number of aromatic nitrogens is 1. The molecule has 0 saturated carbocycles. The Morgan fingerprint density at radius 3 is 2.31 bits per heavy atom. The maximum Gasteiger partial charge on any atom is 0.276 e. The molecule has 0 aliphatic heterocycles. The molecule has 0 atom stereocenters. The number of pyridine rings is 1. The smallest absolute Gasteiger partial charge is 0.276 e. The third-order valence-electron chi connectivity index (χ3n) is 3.59. The van der Waals surface area contributed by atoms with Gasteiger partial charge in [0.1, 0.15) is 5.75 Å². The summed E-state index contributed by atoms with van der Waals surface area (Å²) in [6.07, 6.45) is 3.00. The van der Waals surface area contributed by atoms with Gasteiger partial charge in [-0.05, 0) is 23.8 Å². The zero-order chi connectivity index (χ0) is 18.2. The Bertz CT molecular complexity index is 883. The van der Waals surface area contributed by atoms with E-state index in [4.69, 9.17) is 4.74 Å². The minimum absolute atomic E-state index is 0.222. The van der Waals surface area contributed by atoms with Crippen LogP contribution in [0.3, 0.4) is 0 Å². The van der Waals surface area contributed by atoms with Crippen LogP contribution in [0.4, 0.5) is 0 Å². The fourth-order valence-corrected chi connectivity index (χ4v) is 2.33. The summed E-state index contributed by atoms with van der Waals surface area (Å²) < 4.78 is 5.62. The van der Waals surface area contributed by atoms with Gasteiger partial charge in [0, 0.05) is 23.5 Å². The van der Waals surface area contributed by atoms with Crippen LogP contribution in [0, 0.1) is 0 Å². The normalized spacial score (nSPS) is 10.0. The molecule has 0 aliphatic carbocycles. The molecule has 26 heavy (non-hydrogen) atoms. The number of hydrogen-bond acceptors (Lipinski definition) is 4. The van der Waals surface area contributed by atoms with E-state index in [0.29, 0.717) is 11.3 Å². The number of ether oxygens (including phenoxy) is 1. The van der Waals surface area contributed by atoms with Gasteiger partial charge in [0.25, 0.3) is 11.8 Å². The molecule has 3 aromatic rings. The van der Waals surface area contributed by atoms with Gasteiger partial charge in [-0.25, -0.2) is 0 Å². The lowest BCUT2D eigenvalue weighted by Crippen LogP contribution is -2.43. The molecule has 1 heterocycles. The van der Waals surface area contributed by atoms with E-state index >= 15 is 0 Å². The molecule has 0 bridgehead atoms. The van der Waals surface area contributed by atoms with Gasteiger partial charge in [-0.2, -0.15) is 0 Å². The largest absolute Gasteiger partial charge is 0.483 e. The maximum atomic E-state index is 11.9. The minimum Gasteiger partial charge on any atom is -0.483 e. The van der Waals surface area contributed by atoms with E-state index in [-0.39, 0.29) is 6.61 Å². The van der Waals surface area contributed by atoms with Gasteiger partial charge in [-0.1, -0.05) is 48.5 Å². The van der Waals surface area contributed by atoms with Crippen molar-refractivity contribution >= 4 is 11.8 Å². The van der Waals surface area contributed by atoms with Crippen molar-refractivity contribution in [2.24, 2.45) is 0 Å². The SMILES string of the molecule is O=C(COc1ccccc1-c1ccccc1)NNC(=O)c1ccncc1. The van der Waals surface area contributed by atoms with E-state index in [2.05, 4.69) is 15.8 Å². The zero-order valence-corrected chi connectivity index (χ0v) is 13.9. The van der Waals surface area contributed by atoms with E-state index in [0.717, 1.165) is 11.1 Å². The summed E-state index contributed by atoms with van der Waals surface area (Å²) in [5.41, 5.74) is 6.95. The summed E-state index contributed by atoms with van der Waals surface area (Å²) in [6, 6.07) is 20.3. The number of carbonyl (C=O) groups excluding carboxylic acids is 2. The fourth-order valence-electron chi connectivity index (χ4n) is 2.33. The van der Waals surface area contributed by atoms with Crippen LogP contribution in [0.15, 0.2) is 79.1 Å². The van der Waals surface area contributed by atoms with Crippen molar-refractivity contribution < 1.29 is 14.3 Å². The molecule has 6 heteroatoms. The molecule has 2 N–H and O–H groups in total. The van der Waals surface area contributed by atoms with Crippen molar-refractivity contribution in [2.75, 3.05) is 6.61 Å². The number of rotatable bonds is 5. The van der Waals surface area contributed by atoms with Gasteiger partial charge < -0.3 is 4.74 Å². The van der Waals surface area contributed by atoms with Gasteiger partial charge in [-0.3, -0.25) is 25.4 Å². The summed E-state index contributed by atoms with van der Waals surface area (Å²) in [5, 5.41) is 0. The van der Waals surface area contributed by atoms with Gasteiger partial charge in [0.2, 0.25) is 0 Å². The number of hydrogen-bond donors (Lipinski definition) is 2. The van der Waals surface area contributed by atoms with Crippen LogP contribution >= 0.6 is 0 Å². The molecule has 130 valence electrons. The summed E-state index contributed by atoms with van der Waals surface area (Å²) in [4.78, 5) is 27.6. The number of amides is 2. The number of nitrogens with one attached hydrogen (secondary N) is 2. The Balaban J connectivity index is 1.56. The highest BCUT2D eigenvalue weighted by molar-refractivity contribution is 5.95. The van der Waals surface area contributed by atoms with E-state index in [1.54, 1.807) is 18.2 Å². The lowest BCUT2D eigenvalue weighted by atomic mass is 10.1. The second-order valence-corrected chi connectivity index (χ2v) is 5.39. The summed E-state index contributed by atoms with van der Waals surface area (Å²) in [6.45, 7) is -0.222. The summed E-state index contributed by atoms with van der Waals surface area (Å²) in [7, 11) is 0. The van der Waals surface area contributed by atoms with E-state index in [9.17, 15) is 9.59 Å². The van der Waals surface area contributed by atoms with Crippen molar-refractivity contribution in [2.45, 2.75) is 0 Å². The third-order valence-corrected chi connectivity index (χ3v) is 3.59. The molecule has 0 unspecified atom stereocenters. The predicted octanol–water partition coefficient (Wildman–Crippen LogP) is 2.59. The average molecular weight is 347 g/mol. The first-order valence-corrected chi connectivity index (χ1v) is 8.00. The number of carbonyl (C=O) groups is 2. The quantitative estimate of drug-likeness (QED) is 0.695. The first kappa shape index (κ1) is 17.2. The van der Waals surface area contributed by atoms with Crippen LogP contribution < -0.4 is 15.6 Å². The molecule has 3 rings (SSSR count). The molecule has 0 fully saturated rings. The van der Waals surface area contributed by atoms with E-state index in [1.807, 2.05) is 48.5 Å². The Kier molecular flexibility index (Phi) is 5.57. The molecular formula is C20H17N3O3. The molecule has 0 spiro atoms. The molecule has 2 amide bonds. The summed E-state index contributed by atoms with van der Waals surface area (Å²) in [5.74, 6) is -0.296. The number of nitrogens with zero attached hydrogens (tertiary/aromatic N) is 1. The van der Waals surface area contributed by atoms with Crippen LogP contribution in [0.5, 0.6) is 5.75 Å². The monoisotopic (exact) mass is 347 g/mol. The standard InChI is InChI=1S/C20H17N3O3/c24-19(22-23-20(25)16-10-12-21-13-11-16)14-26-18-9-5-4-8-17(18)15-6-2-1-3-7-15/h1-13H,14H2,(H,22,24)(H,23,25). The third kappa shape index (κ3) is 4.45. The van der Waals surface area contributed by atoms with Crippen LogP contribution in [0.25, 0.3) is 11.1 Å². The Hall–Kier alpha value is -3.67. The molecule has 0 saturated heterocycles. The van der Waals surface area contributed by atoms with Crippen LogP contribution in [0.2, 0.25) is 0 Å². The van der Waals surface area contributed by atoms with Gasteiger partial charge in [0.05, 0.1) is 0 Å². The fraction of sp³-hybridized carbons (Fsp3) is 0.0500. The minimum atomic E-state index is -0.463. The topological polar surface area (TPSA) is 80.3 Å². The first-order chi connectivity index (χ1) is 12.7. The van der Waals surface area contributed by atoms with Crippen LogP contribution in [-0.2, 0) is 4.79 Å². The zero-order valence-electron chi connectivity index (χ0n) is 13.9. The first-order valence-electron chi connectivity index (χ1n) is 8.00. The molecule has 2 aromatic carbocycles. The molecule has 6 nitrogen and oxygen atoms in total. The number of hydrazine groups is 1. The molecule has 1 aromatic heterocycles. The number of benzene rings is 2. The van der Waals surface area contributed by atoms with Gasteiger partial charge in [-0.15, -0.1) is 0 Å². The lowest BCUT2D eigenvalue weighted by Gasteiger charge is -2.12. The predicted molar refractivity (Wildman–Crippen MR) is 97.2 cm³/mol. The van der Waals surface area contributed by atoms with Crippen LogP contribution in [-0.4, -0.2) is 23.4 Å². The van der Waals surface area contributed by atoms with Crippen molar-refractivity contribution in [3.63, 3.8) is 0 Å². The van der Waals surface area contributed by atoms with Crippen molar-refractivity contribution in [1.82, 2.24) is 15.8 Å². The second kappa shape index (κ2) is 8.43. The van der Waals surface area contributed by atoms with E-state index < -0.39 is 11.8 Å². The maximum absolute atomic E-state index is 11.9. The van der Waals surface area contributed by atoms with Crippen molar-refractivity contribution in [1.29, 1.82) is 0 Å². The Morgan fingerprint density at radius 1 is 0.846 bits per heavy atom. The highest BCUT2D eigenvalue weighted by Crippen LogP contribution is 2.29. The highest BCUT2D eigenvalue weighted by Gasteiger charge is 2.10. The molecule has 0 radical (unpaired) electrons. The van der Waals surface area contributed by atoms with Gasteiger partial charge >= 0.3 is 0 Å². The molecule has 0 aliphatic rings. The second-order valence-electron chi connectivity index (χ2n) is 5.39. The van der Waals surface area contributed by atoms with Crippen molar-refractivity contribution in [3.8, 4) is 16.9 Å². The summed E-state index contributed by atoms with van der Waals surface area (Å²) >= 11 is 0. The highest BCUT2D eigenvalue weighted by atomic mass is 16.5. The van der Waals surface area contributed by atoms with Crippen LogP contribution in [0.1, 0.15) is 10.4 Å². The molecular weight excluding hydrogens is 330 g/mol. The Labute approximate surface area is 150 Å². The van der Waals surface area contributed by atoms with Gasteiger partial charge in [0.15, 0.2) is 6.61 Å². The average Bonchev–Trinajstić information content (AvgIpc) is 2.72. The Morgan fingerprint density at radius 2 is 1.54 bits per heavy atom. The lowest BCUT2D eigenvalue weighted by molar-refractivity contribution is -0.123. The number of para-hydroxylation sites is 1. The van der Waals surface area contributed by atoms with E-state index in [1.165, 1.54) is 12.4 Å². The van der Waals surface area contributed by atoms with Crippen molar-refractivity contribution in [3.05, 3.63) is 84.7 Å².